The van der Waals surface area contributed by atoms with Crippen LogP contribution in [0.1, 0.15) is 26.3 Å². The van der Waals surface area contributed by atoms with Crippen LogP contribution >= 0.6 is 0 Å². The Morgan fingerprint density at radius 3 is 2.53 bits per heavy atom. The van der Waals surface area contributed by atoms with Gasteiger partial charge in [-0.2, -0.15) is 0 Å². The summed E-state index contributed by atoms with van der Waals surface area (Å²) in [6.07, 6.45) is 1.70. The standard InChI is InChI=1S/C11H12O2.C2H6/c1-3-10-6-4-5-7-11(10)13-8-9(2)12;1-2/h3-7H,1,8H2,2H3;1-2H3. The van der Waals surface area contributed by atoms with Gasteiger partial charge in [-0.1, -0.05) is 44.7 Å². The topological polar surface area (TPSA) is 26.3 Å². The fourth-order valence-corrected chi connectivity index (χ4v) is 0.960. The number of benzene rings is 1. The number of hydrogen-bond donors (Lipinski definition) is 0. The number of ketones is 1. The SMILES string of the molecule is C=Cc1ccccc1OCC(C)=O.CC. The van der Waals surface area contributed by atoms with Crippen molar-refractivity contribution in [3.8, 4) is 5.75 Å². The molecule has 0 heterocycles. The molecule has 82 valence electrons. The predicted octanol–water partition coefficient (Wildman–Crippen LogP) is 3.32. The molecule has 1 aromatic rings. The lowest BCUT2D eigenvalue weighted by molar-refractivity contribution is -0.118. The lowest BCUT2D eigenvalue weighted by Crippen LogP contribution is -2.07. The lowest BCUT2D eigenvalue weighted by atomic mass is 10.2. The van der Waals surface area contributed by atoms with E-state index in [1.807, 2.05) is 38.1 Å². The second kappa shape index (κ2) is 7.80. The van der Waals surface area contributed by atoms with Crippen molar-refractivity contribution >= 4 is 11.9 Å². The fourth-order valence-electron chi connectivity index (χ4n) is 0.960. The van der Waals surface area contributed by atoms with Crippen molar-refractivity contribution in [2.75, 3.05) is 6.61 Å². The second-order valence-electron chi connectivity index (χ2n) is 2.73. The van der Waals surface area contributed by atoms with Gasteiger partial charge in [0.2, 0.25) is 0 Å². The first-order valence-corrected chi connectivity index (χ1v) is 5.07. The summed E-state index contributed by atoms with van der Waals surface area (Å²) in [5.74, 6) is 0.714. The Bertz CT molecular complexity index is 316. The number of hydrogen-bond acceptors (Lipinski definition) is 2. The van der Waals surface area contributed by atoms with Crippen molar-refractivity contribution in [3.05, 3.63) is 36.4 Å². The van der Waals surface area contributed by atoms with Crippen molar-refractivity contribution in [2.45, 2.75) is 20.8 Å². The molecular formula is C13H18O2. The van der Waals surface area contributed by atoms with Crippen molar-refractivity contribution in [3.63, 3.8) is 0 Å². The number of ether oxygens (including phenoxy) is 1. The third-order valence-electron chi connectivity index (χ3n) is 1.57. The molecule has 0 saturated heterocycles. The van der Waals surface area contributed by atoms with E-state index in [0.717, 1.165) is 5.56 Å². The highest BCUT2D eigenvalue weighted by atomic mass is 16.5. The summed E-state index contributed by atoms with van der Waals surface area (Å²) < 4.78 is 5.27. The first-order chi connectivity index (χ1) is 7.24. The zero-order valence-corrected chi connectivity index (χ0v) is 9.62. The molecule has 15 heavy (non-hydrogen) atoms. The summed E-state index contributed by atoms with van der Waals surface area (Å²) in [5.41, 5.74) is 0.906. The fraction of sp³-hybridized carbons (Fsp3) is 0.308. The van der Waals surface area contributed by atoms with E-state index in [0.29, 0.717) is 5.75 Å². The number of carbonyl (C=O) groups is 1. The molecule has 2 nitrogen and oxygen atoms in total. The molecule has 0 aromatic heterocycles. The van der Waals surface area contributed by atoms with Gasteiger partial charge in [-0.25, -0.2) is 0 Å². The Morgan fingerprint density at radius 2 is 2.00 bits per heavy atom. The minimum absolute atomic E-state index is 0.0128. The van der Waals surface area contributed by atoms with E-state index in [9.17, 15) is 4.79 Å². The van der Waals surface area contributed by atoms with E-state index < -0.39 is 0 Å². The molecule has 0 saturated carbocycles. The third-order valence-corrected chi connectivity index (χ3v) is 1.57. The van der Waals surface area contributed by atoms with Crippen LogP contribution in [0.3, 0.4) is 0 Å². The summed E-state index contributed by atoms with van der Waals surface area (Å²) in [7, 11) is 0. The van der Waals surface area contributed by atoms with E-state index >= 15 is 0 Å². The van der Waals surface area contributed by atoms with Crippen molar-refractivity contribution in [2.24, 2.45) is 0 Å². The van der Waals surface area contributed by atoms with E-state index in [1.165, 1.54) is 6.92 Å². The Labute approximate surface area is 91.6 Å². The maximum Gasteiger partial charge on any atom is 0.167 e. The van der Waals surface area contributed by atoms with Gasteiger partial charge in [0.25, 0.3) is 0 Å². The molecular weight excluding hydrogens is 188 g/mol. The second-order valence-corrected chi connectivity index (χ2v) is 2.73. The molecule has 0 aliphatic carbocycles. The van der Waals surface area contributed by atoms with E-state index in [1.54, 1.807) is 6.08 Å². The molecule has 0 fully saturated rings. The van der Waals surface area contributed by atoms with Crippen molar-refractivity contribution in [1.82, 2.24) is 0 Å². The third kappa shape index (κ3) is 5.01. The zero-order valence-electron chi connectivity index (χ0n) is 9.62. The van der Waals surface area contributed by atoms with Gasteiger partial charge in [-0.3, -0.25) is 4.79 Å². The van der Waals surface area contributed by atoms with Gasteiger partial charge in [-0.15, -0.1) is 0 Å². The molecule has 0 unspecified atom stereocenters. The van der Waals surface area contributed by atoms with Crippen LogP contribution in [0.2, 0.25) is 0 Å². The number of Topliss-reactive ketones (excluding diaryl/α,β-unsaturated/α-hetero) is 1. The molecule has 0 N–H and O–H groups in total. The van der Waals surface area contributed by atoms with Gasteiger partial charge in [0.05, 0.1) is 0 Å². The van der Waals surface area contributed by atoms with Gasteiger partial charge in [0, 0.05) is 5.56 Å². The Morgan fingerprint density at radius 1 is 1.40 bits per heavy atom. The summed E-state index contributed by atoms with van der Waals surface area (Å²) in [6, 6.07) is 7.47. The Balaban J connectivity index is 0.000000921. The largest absolute Gasteiger partial charge is 0.485 e. The van der Waals surface area contributed by atoms with Crippen LogP contribution in [0.25, 0.3) is 6.08 Å². The smallest absolute Gasteiger partial charge is 0.167 e. The Hall–Kier alpha value is -1.57. The van der Waals surface area contributed by atoms with Crippen LogP contribution in [0, 0.1) is 0 Å². The highest BCUT2D eigenvalue weighted by molar-refractivity contribution is 5.77. The maximum absolute atomic E-state index is 10.7. The average Bonchev–Trinajstić information content (AvgIpc) is 2.29. The molecule has 0 radical (unpaired) electrons. The number of carbonyl (C=O) groups excluding carboxylic acids is 1. The molecule has 0 aliphatic heterocycles. The first-order valence-electron chi connectivity index (χ1n) is 5.07. The summed E-state index contributed by atoms with van der Waals surface area (Å²) in [4.78, 5) is 10.7. The minimum Gasteiger partial charge on any atom is -0.485 e. The van der Waals surface area contributed by atoms with Crippen LogP contribution in [0.5, 0.6) is 5.75 Å². The molecule has 1 rings (SSSR count). The lowest BCUT2D eigenvalue weighted by Gasteiger charge is -2.06. The van der Waals surface area contributed by atoms with E-state index in [4.69, 9.17) is 4.74 Å². The zero-order chi connectivity index (χ0) is 11.7. The highest BCUT2D eigenvalue weighted by Gasteiger charge is 1.99. The molecule has 0 spiro atoms. The van der Waals surface area contributed by atoms with Crippen LogP contribution in [-0.2, 0) is 4.79 Å². The summed E-state index contributed by atoms with van der Waals surface area (Å²) in [5, 5.41) is 0. The number of para-hydroxylation sites is 1. The van der Waals surface area contributed by atoms with Gasteiger partial charge in [0.1, 0.15) is 12.4 Å². The normalized spacial score (nSPS) is 8.47. The van der Waals surface area contributed by atoms with Gasteiger partial charge in [-0.05, 0) is 13.0 Å². The average molecular weight is 206 g/mol. The molecule has 0 aliphatic rings. The van der Waals surface area contributed by atoms with Crippen molar-refractivity contribution < 1.29 is 9.53 Å². The van der Waals surface area contributed by atoms with E-state index in [-0.39, 0.29) is 12.4 Å². The van der Waals surface area contributed by atoms with Crippen LogP contribution in [-0.4, -0.2) is 12.4 Å². The molecule has 0 bridgehead atoms. The summed E-state index contributed by atoms with van der Waals surface area (Å²) >= 11 is 0. The number of rotatable bonds is 4. The minimum atomic E-state index is 0.0128. The quantitative estimate of drug-likeness (QED) is 0.755. The monoisotopic (exact) mass is 206 g/mol. The van der Waals surface area contributed by atoms with Crippen molar-refractivity contribution in [1.29, 1.82) is 0 Å². The summed E-state index contributed by atoms with van der Waals surface area (Å²) in [6.45, 7) is 9.27. The van der Waals surface area contributed by atoms with Gasteiger partial charge < -0.3 is 4.74 Å². The van der Waals surface area contributed by atoms with E-state index in [2.05, 4.69) is 6.58 Å². The van der Waals surface area contributed by atoms with Crippen LogP contribution < -0.4 is 4.74 Å². The Kier molecular flexibility index (Phi) is 6.98. The molecule has 0 amide bonds. The highest BCUT2D eigenvalue weighted by Crippen LogP contribution is 2.18. The molecule has 2 heteroatoms. The predicted molar refractivity (Wildman–Crippen MR) is 64.1 cm³/mol. The van der Waals surface area contributed by atoms with Gasteiger partial charge >= 0.3 is 0 Å². The maximum atomic E-state index is 10.7. The van der Waals surface area contributed by atoms with Gasteiger partial charge in [0.15, 0.2) is 5.78 Å². The molecule has 1 aromatic carbocycles. The van der Waals surface area contributed by atoms with Crippen LogP contribution in [0.4, 0.5) is 0 Å². The van der Waals surface area contributed by atoms with Crippen LogP contribution in [0.15, 0.2) is 30.8 Å². The first kappa shape index (κ1) is 13.4. The molecule has 0 atom stereocenters.